The molecule has 2 fully saturated rings. The van der Waals surface area contributed by atoms with Gasteiger partial charge in [0, 0.05) is 16.6 Å². The van der Waals surface area contributed by atoms with Crippen LogP contribution in [0, 0.1) is 0 Å². The number of fused-ring (bicyclic) bond motifs is 1. The summed E-state index contributed by atoms with van der Waals surface area (Å²) in [6, 6.07) is 9.17. The van der Waals surface area contributed by atoms with Crippen molar-refractivity contribution in [2.75, 3.05) is 0 Å². The van der Waals surface area contributed by atoms with Gasteiger partial charge in [-0.1, -0.05) is 40.9 Å². The van der Waals surface area contributed by atoms with Crippen LogP contribution >= 0.6 is 23.9 Å². The van der Waals surface area contributed by atoms with Crippen molar-refractivity contribution in [2.45, 2.75) is 77.5 Å². The van der Waals surface area contributed by atoms with Crippen LogP contribution in [-0.4, -0.2) is 39.7 Å². The normalized spacial score (nSPS) is 27.5. The van der Waals surface area contributed by atoms with Gasteiger partial charge < -0.3 is 4.89 Å². The Hall–Kier alpha value is -0.320. The molecule has 0 N–H and O–H groups in total. The van der Waals surface area contributed by atoms with Crippen LogP contribution in [0.3, 0.4) is 0 Å². The first kappa shape index (κ1) is 19.4. The zero-order chi connectivity index (χ0) is 18.2. The van der Waals surface area contributed by atoms with Crippen molar-refractivity contribution in [1.82, 2.24) is 9.34 Å². The Balaban J connectivity index is 1.99. The predicted molar refractivity (Wildman–Crippen MR) is 109 cm³/mol. The Morgan fingerprint density at radius 2 is 1.52 bits per heavy atom. The third kappa shape index (κ3) is 3.72. The lowest BCUT2D eigenvalue weighted by atomic mass is 9.89. The second-order valence-electron chi connectivity index (χ2n) is 7.68. The molecule has 1 aromatic carbocycles. The van der Waals surface area contributed by atoms with Crippen LogP contribution in [0.2, 0.25) is 0 Å². The predicted octanol–water partition coefficient (Wildman–Crippen LogP) is 4.65. The van der Waals surface area contributed by atoms with Crippen molar-refractivity contribution in [3.63, 3.8) is 0 Å². The minimum absolute atomic E-state index is 0.224. The summed E-state index contributed by atoms with van der Waals surface area (Å²) < 4.78 is 10.2. The Kier molecular flexibility index (Phi) is 6.02. The van der Waals surface area contributed by atoms with Crippen LogP contribution in [0.5, 0.6) is 0 Å². The van der Waals surface area contributed by atoms with E-state index >= 15 is 0 Å². The molecule has 1 saturated heterocycles. The zero-order valence-electron chi connectivity index (χ0n) is 15.6. The van der Waals surface area contributed by atoms with E-state index in [9.17, 15) is 4.89 Å². The monoisotopic (exact) mass is 425 g/mol. The van der Waals surface area contributed by atoms with Crippen LogP contribution in [0.25, 0.3) is 0 Å². The third-order valence-corrected chi connectivity index (χ3v) is 8.93. The van der Waals surface area contributed by atoms with E-state index in [1.165, 1.54) is 12.8 Å². The Labute approximate surface area is 161 Å². The minimum atomic E-state index is -2.96. The van der Waals surface area contributed by atoms with Crippen LogP contribution in [0.15, 0.2) is 33.5 Å². The minimum Gasteiger partial charge on any atom is -0.630 e. The average Bonchev–Trinajstić information content (AvgIpc) is 2.83. The molecule has 0 amide bonds. The number of hydrogen-bond donors (Lipinski definition) is 0. The summed E-state index contributed by atoms with van der Waals surface area (Å²) in [4.78, 5) is 14.2. The van der Waals surface area contributed by atoms with Gasteiger partial charge in [0.25, 0.3) is 0 Å². The quantitative estimate of drug-likeness (QED) is 0.520. The molecule has 1 aliphatic heterocycles. The van der Waals surface area contributed by atoms with Crippen LogP contribution < -0.4 is 4.89 Å². The Morgan fingerprint density at radius 1 is 1.04 bits per heavy atom. The molecule has 25 heavy (non-hydrogen) atoms. The lowest BCUT2D eigenvalue weighted by molar-refractivity contribution is -0.193. The summed E-state index contributed by atoms with van der Waals surface area (Å²) in [5, 5.41) is 0. The Bertz CT molecular complexity index is 596. The molecule has 0 radical (unpaired) electrons. The van der Waals surface area contributed by atoms with Gasteiger partial charge in [-0.2, -0.15) is 0 Å². The summed E-state index contributed by atoms with van der Waals surface area (Å²) >= 11 is 3.46. The SMILES string of the molecule is CC(C)N1[C@H]2CCCC[C@@H]2N(C(C)C)[P+]1([O-])/N=C/c1ccc(Br)cc1. The van der Waals surface area contributed by atoms with Crippen LogP contribution in [0.1, 0.15) is 58.9 Å². The number of hydrogen-bond acceptors (Lipinski definition) is 4. The molecule has 1 aliphatic carbocycles. The van der Waals surface area contributed by atoms with E-state index < -0.39 is 7.94 Å². The first-order chi connectivity index (χ1) is 11.8. The van der Waals surface area contributed by atoms with Crippen LogP contribution in [-0.2, 0) is 0 Å². The van der Waals surface area contributed by atoms with E-state index in [0.717, 1.165) is 22.9 Å². The van der Waals surface area contributed by atoms with Gasteiger partial charge in [-0.05, 0) is 58.2 Å². The highest BCUT2D eigenvalue weighted by atomic mass is 79.9. The largest absolute Gasteiger partial charge is 0.630 e. The van der Waals surface area contributed by atoms with Gasteiger partial charge in [0.15, 0.2) is 0 Å². The third-order valence-electron chi connectivity index (χ3n) is 5.26. The van der Waals surface area contributed by atoms with Gasteiger partial charge in [-0.3, -0.25) is 0 Å². The second-order valence-corrected chi connectivity index (χ2v) is 10.8. The second kappa shape index (κ2) is 7.74. The highest BCUT2D eigenvalue weighted by molar-refractivity contribution is 9.10. The highest BCUT2D eigenvalue weighted by Crippen LogP contribution is 2.69. The summed E-state index contributed by atoms with van der Waals surface area (Å²) in [7, 11) is -2.96. The summed E-state index contributed by atoms with van der Waals surface area (Å²) in [6.45, 7) is 8.60. The Morgan fingerprint density at radius 3 is 1.96 bits per heavy atom. The molecule has 1 aromatic rings. The van der Waals surface area contributed by atoms with Crippen molar-refractivity contribution >= 4 is 30.1 Å². The molecule has 1 heterocycles. The van der Waals surface area contributed by atoms with Gasteiger partial charge in [0.1, 0.15) is 0 Å². The number of rotatable bonds is 4. The van der Waals surface area contributed by atoms with Crippen molar-refractivity contribution in [1.29, 1.82) is 0 Å². The summed E-state index contributed by atoms with van der Waals surface area (Å²) in [5.74, 6) is 0. The van der Waals surface area contributed by atoms with Gasteiger partial charge in [-0.15, -0.1) is 14.1 Å². The van der Waals surface area contributed by atoms with Crippen molar-refractivity contribution in [3.8, 4) is 0 Å². The first-order valence-electron chi connectivity index (χ1n) is 9.33. The van der Waals surface area contributed by atoms with Crippen LogP contribution in [0.4, 0.5) is 0 Å². The molecule has 0 aromatic heterocycles. The van der Waals surface area contributed by atoms with Gasteiger partial charge in [0.05, 0.1) is 18.3 Å². The maximum atomic E-state index is 14.2. The fourth-order valence-corrected chi connectivity index (χ4v) is 7.93. The molecule has 6 heteroatoms. The van der Waals surface area contributed by atoms with Gasteiger partial charge in [0.2, 0.25) is 7.94 Å². The van der Waals surface area contributed by atoms with E-state index in [1.807, 2.05) is 24.3 Å². The fraction of sp³-hybridized carbons (Fsp3) is 0.632. The number of halogens is 1. The molecular formula is C19H29BrN3OP. The smallest absolute Gasteiger partial charge is 0.238 e. The molecule has 0 unspecified atom stereocenters. The maximum absolute atomic E-state index is 14.2. The van der Waals surface area contributed by atoms with E-state index in [2.05, 4.69) is 53.0 Å². The summed E-state index contributed by atoms with van der Waals surface area (Å²) in [6.07, 6.45) is 6.52. The van der Waals surface area contributed by atoms with E-state index in [4.69, 9.17) is 4.76 Å². The molecule has 1 saturated carbocycles. The van der Waals surface area contributed by atoms with Gasteiger partial charge in [-0.25, -0.2) is 0 Å². The lowest BCUT2D eigenvalue weighted by Gasteiger charge is -2.39. The number of benzene rings is 1. The topological polar surface area (TPSA) is 41.9 Å². The van der Waals surface area contributed by atoms with E-state index in [1.54, 1.807) is 6.21 Å². The van der Waals surface area contributed by atoms with Crippen molar-refractivity contribution in [2.24, 2.45) is 4.76 Å². The average molecular weight is 426 g/mol. The fourth-order valence-electron chi connectivity index (χ4n) is 4.39. The molecule has 0 spiro atoms. The molecule has 2 atom stereocenters. The summed E-state index contributed by atoms with van der Waals surface area (Å²) in [5.41, 5.74) is 0.987. The van der Waals surface area contributed by atoms with Gasteiger partial charge >= 0.3 is 0 Å². The standard InChI is InChI=1S/C19H29BrN3OP/c1-14(2)22-18-7-5-6-8-19(18)23(15(3)4)25(22,24)21-13-16-9-11-17(20)12-10-16/h9-15,18-19H,5-8H2,1-4H3/b21-13+/t18-,19-/m0/s1. The molecule has 2 aliphatic rings. The maximum Gasteiger partial charge on any atom is 0.238 e. The van der Waals surface area contributed by atoms with Crippen molar-refractivity contribution < 1.29 is 4.89 Å². The number of nitrogens with zero attached hydrogens (tertiary/aromatic N) is 3. The van der Waals surface area contributed by atoms with E-state index in [0.29, 0.717) is 12.1 Å². The highest BCUT2D eigenvalue weighted by Gasteiger charge is 2.61. The molecular weight excluding hydrogens is 397 g/mol. The van der Waals surface area contributed by atoms with E-state index in [-0.39, 0.29) is 12.1 Å². The molecule has 3 rings (SSSR count). The zero-order valence-corrected chi connectivity index (χ0v) is 18.1. The first-order valence-corrected chi connectivity index (χ1v) is 11.7. The lowest BCUT2D eigenvalue weighted by Crippen LogP contribution is -2.43. The molecule has 4 nitrogen and oxygen atoms in total. The molecule has 0 bridgehead atoms. The molecule has 138 valence electrons. The van der Waals surface area contributed by atoms with Crippen molar-refractivity contribution in [3.05, 3.63) is 34.3 Å².